The molecule has 6 nitrogen and oxygen atoms in total. The number of nitrogens with zero attached hydrogens (tertiary/aromatic N) is 1. The Bertz CT molecular complexity index is 739. The summed E-state index contributed by atoms with van der Waals surface area (Å²) >= 11 is 1.28. The molecule has 0 aliphatic carbocycles. The van der Waals surface area contributed by atoms with Gasteiger partial charge in [0.25, 0.3) is 0 Å². The van der Waals surface area contributed by atoms with Gasteiger partial charge in [0.05, 0.1) is 24.3 Å². The van der Waals surface area contributed by atoms with Crippen LogP contribution in [0, 0.1) is 17.3 Å². The summed E-state index contributed by atoms with van der Waals surface area (Å²) in [7, 11) is 2.98. The maximum atomic E-state index is 12.7. The number of ether oxygens (including phenoxy) is 2. The topological polar surface area (TPSA) is 67.9 Å². The summed E-state index contributed by atoms with van der Waals surface area (Å²) in [5, 5.41) is 3.25. The molecule has 0 spiro atoms. The Hall–Kier alpha value is -2.04. The molecule has 0 bridgehead atoms. The van der Waals surface area contributed by atoms with Gasteiger partial charge in [0.2, 0.25) is 5.91 Å². The number of carbonyl (C=O) groups is 2. The van der Waals surface area contributed by atoms with Crippen LogP contribution in [0.3, 0.4) is 0 Å². The number of amides is 1. The fourth-order valence-corrected chi connectivity index (χ4v) is 3.63. The summed E-state index contributed by atoms with van der Waals surface area (Å²) in [6.45, 7) is 7.91. The maximum absolute atomic E-state index is 12.7. The number of nitrogens with one attached hydrogen (secondary N) is 1. The number of esters is 1. The number of methoxy groups -OCH3 is 2. The first-order valence-corrected chi connectivity index (χ1v) is 9.86. The zero-order chi connectivity index (χ0) is 20.0. The minimum Gasteiger partial charge on any atom is -0.465 e. The summed E-state index contributed by atoms with van der Waals surface area (Å²) in [6.07, 6.45) is 1.63. The highest BCUT2D eigenvalue weighted by molar-refractivity contribution is 7.15. The lowest BCUT2D eigenvalue weighted by Gasteiger charge is -2.32. The van der Waals surface area contributed by atoms with Crippen molar-refractivity contribution in [3.63, 3.8) is 0 Å². The molecule has 1 saturated heterocycles. The Balaban J connectivity index is 2.22. The minimum atomic E-state index is -0.425. The van der Waals surface area contributed by atoms with E-state index in [2.05, 4.69) is 17.2 Å². The summed E-state index contributed by atoms with van der Waals surface area (Å²) in [6, 6.07) is 1.47. The Morgan fingerprint density at radius 3 is 2.78 bits per heavy atom. The quantitative estimate of drug-likeness (QED) is 0.595. The average Bonchev–Trinajstić information content (AvgIpc) is 3.02. The van der Waals surface area contributed by atoms with Gasteiger partial charge in [0.15, 0.2) is 0 Å². The van der Waals surface area contributed by atoms with E-state index in [9.17, 15) is 9.59 Å². The molecule has 1 aliphatic rings. The smallest absolute Gasteiger partial charge is 0.350 e. The van der Waals surface area contributed by atoms with E-state index in [-0.39, 0.29) is 17.4 Å². The molecule has 7 heteroatoms. The lowest BCUT2D eigenvalue weighted by atomic mass is 9.98. The van der Waals surface area contributed by atoms with Gasteiger partial charge in [-0.3, -0.25) is 4.79 Å². The van der Waals surface area contributed by atoms with Crippen molar-refractivity contribution in [1.29, 1.82) is 0 Å². The second-order valence-corrected chi connectivity index (χ2v) is 8.55. The van der Waals surface area contributed by atoms with E-state index in [1.807, 2.05) is 26.8 Å². The van der Waals surface area contributed by atoms with Gasteiger partial charge in [0.1, 0.15) is 10.9 Å². The van der Waals surface area contributed by atoms with Gasteiger partial charge in [-0.2, -0.15) is 0 Å². The lowest BCUT2D eigenvalue weighted by molar-refractivity contribution is -0.134. The zero-order valence-electron chi connectivity index (χ0n) is 16.7. The van der Waals surface area contributed by atoms with Crippen LogP contribution in [0.5, 0.6) is 0 Å². The molecule has 1 aromatic heterocycles. The van der Waals surface area contributed by atoms with Crippen LogP contribution in [0.1, 0.15) is 48.2 Å². The molecule has 1 aromatic rings. The third kappa shape index (κ3) is 5.98. The summed E-state index contributed by atoms with van der Waals surface area (Å²) in [5.41, 5.74) is 0.474. The Morgan fingerprint density at radius 1 is 1.41 bits per heavy atom. The fourth-order valence-electron chi connectivity index (χ4n) is 2.74. The van der Waals surface area contributed by atoms with Crippen molar-refractivity contribution in [3.05, 3.63) is 15.8 Å². The zero-order valence-corrected chi connectivity index (χ0v) is 17.5. The van der Waals surface area contributed by atoms with Gasteiger partial charge in [0, 0.05) is 25.6 Å². The van der Waals surface area contributed by atoms with E-state index in [1.165, 1.54) is 18.4 Å². The molecule has 1 unspecified atom stereocenters. The highest BCUT2D eigenvalue weighted by Gasteiger charge is 2.30. The van der Waals surface area contributed by atoms with E-state index in [4.69, 9.17) is 9.47 Å². The molecule has 1 atom stereocenters. The molecule has 0 aromatic carbocycles. The molecule has 0 radical (unpaired) electrons. The van der Waals surface area contributed by atoms with E-state index in [1.54, 1.807) is 12.0 Å². The molecule has 1 aliphatic heterocycles. The van der Waals surface area contributed by atoms with Crippen molar-refractivity contribution in [2.45, 2.75) is 39.7 Å². The Morgan fingerprint density at radius 2 is 2.15 bits per heavy atom. The minimum absolute atomic E-state index is 0.0302. The third-order valence-corrected chi connectivity index (χ3v) is 5.12. The highest BCUT2D eigenvalue weighted by Crippen LogP contribution is 2.30. The molecule has 1 N–H and O–H groups in total. The largest absolute Gasteiger partial charge is 0.465 e. The number of likely N-dealkylation sites (tertiary alicyclic amines) is 1. The van der Waals surface area contributed by atoms with Gasteiger partial charge in [-0.1, -0.05) is 11.8 Å². The second kappa shape index (κ2) is 9.25. The van der Waals surface area contributed by atoms with Crippen LogP contribution in [0.25, 0.3) is 0 Å². The molecular formula is C20H28N2O4S. The van der Waals surface area contributed by atoms with Crippen molar-refractivity contribution >= 4 is 28.9 Å². The summed E-state index contributed by atoms with van der Waals surface area (Å²) in [4.78, 5) is 27.9. The van der Waals surface area contributed by atoms with Crippen molar-refractivity contribution in [2.24, 2.45) is 5.41 Å². The normalized spacial score (nSPS) is 17.3. The standard InChI is InChI=1S/C20H28N2O4S/c1-20(2,3)9-8-14-13-16(17(27-14)19(24)26-5)21-15-7-6-10-22(18(15)23)11-12-25-4/h13,15,21H,6-7,10-12H2,1-5H3. The van der Waals surface area contributed by atoms with Crippen LogP contribution in [-0.4, -0.2) is 56.7 Å². The van der Waals surface area contributed by atoms with E-state index >= 15 is 0 Å². The number of thiophene rings is 1. The molecular weight excluding hydrogens is 364 g/mol. The van der Waals surface area contributed by atoms with Crippen molar-refractivity contribution in [3.8, 4) is 11.8 Å². The van der Waals surface area contributed by atoms with Gasteiger partial charge >= 0.3 is 5.97 Å². The van der Waals surface area contributed by atoms with Gasteiger partial charge in [-0.15, -0.1) is 11.3 Å². The van der Waals surface area contributed by atoms with Crippen molar-refractivity contribution in [1.82, 2.24) is 4.90 Å². The highest BCUT2D eigenvalue weighted by atomic mass is 32.1. The van der Waals surface area contributed by atoms with Crippen LogP contribution in [0.2, 0.25) is 0 Å². The average molecular weight is 393 g/mol. The van der Waals surface area contributed by atoms with Crippen LogP contribution in [0.15, 0.2) is 6.07 Å². The number of hydrogen-bond acceptors (Lipinski definition) is 6. The first-order chi connectivity index (χ1) is 12.7. The van der Waals surface area contributed by atoms with Crippen molar-refractivity contribution in [2.75, 3.05) is 39.2 Å². The number of rotatable bonds is 6. The second-order valence-electron chi connectivity index (χ2n) is 7.50. The number of anilines is 1. The van der Waals surface area contributed by atoms with Crippen molar-refractivity contribution < 1.29 is 19.1 Å². The molecule has 1 amide bonds. The van der Waals surface area contributed by atoms with Crippen LogP contribution in [0.4, 0.5) is 5.69 Å². The lowest BCUT2D eigenvalue weighted by Crippen LogP contribution is -2.48. The first-order valence-electron chi connectivity index (χ1n) is 9.04. The van der Waals surface area contributed by atoms with E-state index in [0.717, 1.165) is 24.3 Å². The van der Waals surface area contributed by atoms with Gasteiger partial charge < -0.3 is 19.7 Å². The molecule has 27 heavy (non-hydrogen) atoms. The van der Waals surface area contributed by atoms with Crippen LogP contribution in [-0.2, 0) is 14.3 Å². The molecule has 148 valence electrons. The summed E-state index contributed by atoms with van der Waals surface area (Å²) in [5.74, 6) is 5.89. The molecule has 0 saturated carbocycles. The van der Waals surface area contributed by atoms with E-state index in [0.29, 0.717) is 23.7 Å². The molecule has 2 rings (SSSR count). The van der Waals surface area contributed by atoms with Crippen LogP contribution < -0.4 is 5.32 Å². The number of hydrogen-bond donors (Lipinski definition) is 1. The SMILES string of the molecule is COCCN1CCCC(Nc2cc(C#CC(C)(C)C)sc2C(=O)OC)C1=O. The van der Waals surface area contributed by atoms with E-state index < -0.39 is 5.97 Å². The maximum Gasteiger partial charge on any atom is 0.350 e. The van der Waals surface area contributed by atoms with Crippen LogP contribution >= 0.6 is 11.3 Å². The predicted octanol–water partition coefficient (Wildman–Crippen LogP) is 2.98. The molecule has 1 fully saturated rings. The number of carbonyl (C=O) groups excluding carboxylic acids is 2. The first kappa shape index (κ1) is 21.3. The predicted molar refractivity (Wildman–Crippen MR) is 107 cm³/mol. The number of piperidine rings is 1. The van der Waals surface area contributed by atoms with Gasteiger partial charge in [-0.25, -0.2) is 4.79 Å². The fraction of sp³-hybridized carbons (Fsp3) is 0.600. The Labute approximate surface area is 165 Å². The Kier molecular flexibility index (Phi) is 7.28. The van der Waals surface area contributed by atoms with Gasteiger partial charge in [-0.05, 0) is 39.7 Å². The third-order valence-electron chi connectivity index (χ3n) is 4.09. The summed E-state index contributed by atoms with van der Waals surface area (Å²) < 4.78 is 9.98. The molecule has 2 heterocycles. The monoisotopic (exact) mass is 392 g/mol.